The fourth-order valence-electron chi connectivity index (χ4n) is 2.29. The van der Waals surface area contributed by atoms with E-state index in [-0.39, 0.29) is 18.3 Å². The molecule has 4 heteroatoms. The summed E-state index contributed by atoms with van der Waals surface area (Å²) >= 11 is 0. The van der Waals surface area contributed by atoms with E-state index in [2.05, 4.69) is 12.2 Å². The highest BCUT2D eigenvalue weighted by Crippen LogP contribution is 2.26. The van der Waals surface area contributed by atoms with E-state index < -0.39 is 6.04 Å². The van der Waals surface area contributed by atoms with Crippen molar-refractivity contribution in [3.05, 3.63) is 35.9 Å². The van der Waals surface area contributed by atoms with Crippen molar-refractivity contribution >= 4 is 18.3 Å². The molecule has 0 aromatic heterocycles. The minimum absolute atomic E-state index is 0. The second-order valence-corrected chi connectivity index (χ2v) is 5.08. The summed E-state index contributed by atoms with van der Waals surface area (Å²) in [7, 11) is 0. The Bertz CT molecular complexity index is 377. The SMILES string of the molecule is CC1CC(NC(=O)[C@@H](N)Cc2ccccc2)C1.Cl. The van der Waals surface area contributed by atoms with Gasteiger partial charge in [0.1, 0.15) is 0 Å². The Kier molecular flexibility index (Phi) is 5.63. The predicted molar refractivity (Wildman–Crippen MR) is 75.7 cm³/mol. The van der Waals surface area contributed by atoms with Crippen molar-refractivity contribution in [1.82, 2.24) is 5.32 Å². The van der Waals surface area contributed by atoms with Gasteiger partial charge >= 0.3 is 0 Å². The van der Waals surface area contributed by atoms with Crippen LogP contribution in [0.2, 0.25) is 0 Å². The molecule has 0 aliphatic heterocycles. The first-order valence-corrected chi connectivity index (χ1v) is 6.25. The summed E-state index contributed by atoms with van der Waals surface area (Å²) in [5.74, 6) is 0.719. The molecule has 1 atom stereocenters. The molecule has 1 aromatic carbocycles. The first kappa shape index (κ1) is 15.0. The minimum Gasteiger partial charge on any atom is -0.352 e. The lowest BCUT2D eigenvalue weighted by atomic mass is 9.82. The summed E-state index contributed by atoms with van der Waals surface area (Å²) in [5.41, 5.74) is 7.01. The Labute approximate surface area is 115 Å². The van der Waals surface area contributed by atoms with Crippen molar-refractivity contribution in [1.29, 1.82) is 0 Å². The molecule has 1 aliphatic carbocycles. The number of nitrogens with two attached hydrogens (primary N) is 1. The zero-order valence-corrected chi connectivity index (χ0v) is 11.5. The van der Waals surface area contributed by atoms with E-state index in [1.807, 2.05) is 30.3 Å². The van der Waals surface area contributed by atoms with Crippen LogP contribution >= 0.6 is 12.4 Å². The Hall–Kier alpha value is -1.06. The topological polar surface area (TPSA) is 55.1 Å². The second-order valence-electron chi connectivity index (χ2n) is 5.08. The van der Waals surface area contributed by atoms with E-state index in [4.69, 9.17) is 5.73 Å². The molecule has 0 radical (unpaired) electrons. The third-order valence-corrected chi connectivity index (χ3v) is 3.36. The van der Waals surface area contributed by atoms with Gasteiger partial charge in [0.05, 0.1) is 6.04 Å². The van der Waals surface area contributed by atoms with Gasteiger partial charge in [-0.1, -0.05) is 37.3 Å². The molecule has 0 bridgehead atoms. The number of carbonyl (C=O) groups is 1. The Balaban J connectivity index is 0.00000162. The van der Waals surface area contributed by atoms with Gasteiger partial charge in [0.2, 0.25) is 5.91 Å². The smallest absolute Gasteiger partial charge is 0.237 e. The maximum Gasteiger partial charge on any atom is 0.237 e. The molecule has 0 spiro atoms. The number of hydrogen-bond donors (Lipinski definition) is 2. The average Bonchev–Trinajstić information content (AvgIpc) is 2.28. The molecule has 0 unspecified atom stereocenters. The lowest BCUT2D eigenvalue weighted by molar-refractivity contribution is -0.123. The summed E-state index contributed by atoms with van der Waals surface area (Å²) in [6.07, 6.45) is 2.78. The highest BCUT2D eigenvalue weighted by molar-refractivity contribution is 5.85. The average molecular weight is 269 g/mol. The Morgan fingerprint density at radius 1 is 1.39 bits per heavy atom. The molecule has 1 aliphatic rings. The number of halogens is 1. The molecule has 2 rings (SSSR count). The second kappa shape index (κ2) is 6.76. The van der Waals surface area contributed by atoms with E-state index in [1.54, 1.807) is 0 Å². The Morgan fingerprint density at radius 2 is 2.00 bits per heavy atom. The molecular weight excluding hydrogens is 248 g/mol. The summed E-state index contributed by atoms with van der Waals surface area (Å²) in [6.45, 7) is 2.20. The van der Waals surface area contributed by atoms with Gasteiger partial charge in [0, 0.05) is 6.04 Å². The zero-order valence-electron chi connectivity index (χ0n) is 10.6. The van der Waals surface area contributed by atoms with Gasteiger partial charge in [-0.3, -0.25) is 4.79 Å². The molecule has 1 aromatic rings. The predicted octanol–water partition coefficient (Wildman–Crippen LogP) is 1.89. The number of benzene rings is 1. The zero-order chi connectivity index (χ0) is 12.3. The third kappa shape index (κ3) is 4.00. The molecule has 3 nitrogen and oxygen atoms in total. The van der Waals surface area contributed by atoms with Crippen molar-refractivity contribution in [3.8, 4) is 0 Å². The van der Waals surface area contributed by atoms with Gasteiger partial charge in [-0.05, 0) is 30.7 Å². The van der Waals surface area contributed by atoms with E-state index in [1.165, 1.54) is 0 Å². The fourth-order valence-corrected chi connectivity index (χ4v) is 2.29. The number of rotatable bonds is 4. The molecule has 3 N–H and O–H groups in total. The Morgan fingerprint density at radius 3 is 2.56 bits per heavy atom. The molecule has 100 valence electrons. The number of hydrogen-bond acceptors (Lipinski definition) is 2. The lowest BCUT2D eigenvalue weighted by Gasteiger charge is -2.34. The molecule has 1 saturated carbocycles. The van der Waals surface area contributed by atoms with Crippen molar-refractivity contribution in [2.45, 2.75) is 38.3 Å². The number of carbonyl (C=O) groups excluding carboxylic acids is 1. The van der Waals surface area contributed by atoms with Gasteiger partial charge < -0.3 is 11.1 Å². The van der Waals surface area contributed by atoms with Crippen LogP contribution in [0.15, 0.2) is 30.3 Å². The largest absolute Gasteiger partial charge is 0.352 e. The first-order chi connectivity index (χ1) is 8.15. The quantitative estimate of drug-likeness (QED) is 0.876. The lowest BCUT2D eigenvalue weighted by Crippen LogP contribution is -2.50. The molecule has 18 heavy (non-hydrogen) atoms. The summed E-state index contributed by atoms with van der Waals surface area (Å²) in [6, 6.07) is 9.80. The summed E-state index contributed by atoms with van der Waals surface area (Å²) < 4.78 is 0. The molecule has 0 heterocycles. The summed E-state index contributed by atoms with van der Waals surface area (Å²) in [5, 5.41) is 3.00. The van der Waals surface area contributed by atoms with Gasteiger partial charge in [0.25, 0.3) is 0 Å². The van der Waals surface area contributed by atoms with Crippen LogP contribution in [0.3, 0.4) is 0 Å². The number of nitrogens with one attached hydrogen (secondary N) is 1. The fraction of sp³-hybridized carbons (Fsp3) is 0.500. The van der Waals surface area contributed by atoms with Crippen LogP contribution in [-0.4, -0.2) is 18.0 Å². The van der Waals surface area contributed by atoms with Crippen LogP contribution in [0.4, 0.5) is 0 Å². The van der Waals surface area contributed by atoms with Crippen molar-refractivity contribution < 1.29 is 4.79 Å². The van der Waals surface area contributed by atoms with Gasteiger partial charge in [-0.15, -0.1) is 12.4 Å². The maximum atomic E-state index is 11.8. The molecular formula is C14H21ClN2O. The van der Waals surface area contributed by atoms with E-state index in [9.17, 15) is 4.79 Å². The van der Waals surface area contributed by atoms with E-state index >= 15 is 0 Å². The van der Waals surface area contributed by atoms with E-state index in [0.717, 1.165) is 24.3 Å². The summed E-state index contributed by atoms with van der Waals surface area (Å²) in [4.78, 5) is 11.8. The highest BCUT2D eigenvalue weighted by atomic mass is 35.5. The van der Waals surface area contributed by atoms with Crippen LogP contribution in [0, 0.1) is 5.92 Å². The molecule has 0 saturated heterocycles. The minimum atomic E-state index is -0.437. The van der Waals surface area contributed by atoms with Crippen molar-refractivity contribution in [3.63, 3.8) is 0 Å². The molecule has 1 fully saturated rings. The van der Waals surface area contributed by atoms with Gasteiger partial charge in [-0.25, -0.2) is 0 Å². The van der Waals surface area contributed by atoms with Gasteiger partial charge in [0.15, 0.2) is 0 Å². The van der Waals surface area contributed by atoms with Crippen LogP contribution in [0.25, 0.3) is 0 Å². The van der Waals surface area contributed by atoms with Crippen LogP contribution in [0.1, 0.15) is 25.3 Å². The highest BCUT2D eigenvalue weighted by Gasteiger charge is 2.28. The normalized spacial score (nSPS) is 23.4. The van der Waals surface area contributed by atoms with Gasteiger partial charge in [-0.2, -0.15) is 0 Å². The third-order valence-electron chi connectivity index (χ3n) is 3.36. The molecule has 1 amide bonds. The standard InChI is InChI=1S/C14H20N2O.ClH/c1-10-7-12(8-10)16-14(17)13(15)9-11-5-3-2-4-6-11;/h2-6,10,12-13H,7-9,15H2,1H3,(H,16,17);1H/t10?,12?,13-;/m0./s1. The monoisotopic (exact) mass is 268 g/mol. The van der Waals surface area contributed by atoms with E-state index in [0.29, 0.717) is 12.5 Å². The van der Waals surface area contributed by atoms with Crippen LogP contribution < -0.4 is 11.1 Å². The van der Waals surface area contributed by atoms with Crippen LogP contribution in [0.5, 0.6) is 0 Å². The number of amides is 1. The van der Waals surface area contributed by atoms with Crippen molar-refractivity contribution in [2.75, 3.05) is 0 Å². The maximum absolute atomic E-state index is 11.8. The van der Waals surface area contributed by atoms with Crippen molar-refractivity contribution in [2.24, 2.45) is 11.7 Å². The van der Waals surface area contributed by atoms with Crippen LogP contribution in [-0.2, 0) is 11.2 Å². The first-order valence-electron chi connectivity index (χ1n) is 6.25.